The number of nitrogens with one attached hydrogen (secondary N) is 1. The molecule has 0 aliphatic rings. The lowest BCUT2D eigenvalue weighted by molar-refractivity contribution is 0.101. The van der Waals surface area contributed by atoms with Gasteiger partial charge in [-0.1, -0.05) is 32.0 Å². The van der Waals surface area contributed by atoms with Crippen LogP contribution in [0.2, 0.25) is 0 Å². The molecule has 0 aliphatic heterocycles. The number of pyridine rings is 1. The fourth-order valence-electron chi connectivity index (χ4n) is 3.01. The number of thiazole rings is 1. The molecule has 146 valence electrons. The van der Waals surface area contributed by atoms with Crippen LogP contribution in [0.5, 0.6) is 0 Å². The van der Waals surface area contributed by atoms with E-state index in [1.54, 1.807) is 17.1 Å². The third kappa shape index (κ3) is 3.93. The number of aromatic nitrogens is 5. The highest BCUT2D eigenvalue weighted by molar-refractivity contribution is 7.14. The fourth-order valence-corrected chi connectivity index (χ4v) is 3.73. The first-order chi connectivity index (χ1) is 14.0. The van der Waals surface area contributed by atoms with Gasteiger partial charge < -0.3 is 0 Å². The van der Waals surface area contributed by atoms with Gasteiger partial charge in [0, 0.05) is 23.3 Å². The molecule has 3 heterocycles. The summed E-state index contributed by atoms with van der Waals surface area (Å²) < 4.78 is 1.72. The van der Waals surface area contributed by atoms with E-state index in [2.05, 4.69) is 45.3 Å². The molecule has 4 aromatic rings. The zero-order chi connectivity index (χ0) is 20.4. The van der Waals surface area contributed by atoms with Crippen molar-refractivity contribution in [2.24, 2.45) is 0 Å². The van der Waals surface area contributed by atoms with Crippen LogP contribution < -0.4 is 5.32 Å². The van der Waals surface area contributed by atoms with E-state index in [4.69, 9.17) is 0 Å². The summed E-state index contributed by atoms with van der Waals surface area (Å²) in [5.41, 5.74) is 3.74. The second-order valence-corrected chi connectivity index (χ2v) is 7.70. The smallest absolute Gasteiger partial charge is 0.295 e. The second-order valence-electron chi connectivity index (χ2n) is 6.84. The molecule has 1 aromatic carbocycles. The summed E-state index contributed by atoms with van der Waals surface area (Å²) in [5.74, 6) is 0.701. The molecule has 1 N–H and O–H groups in total. The Kier molecular flexibility index (Phi) is 5.18. The summed E-state index contributed by atoms with van der Waals surface area (Å²) in [6, 6.07) is 11.8. The average Bonchev–Trinajstić information content (AvgIpc) is 3.35. The number of para-hydroxylation sites is 1. The first-order valence-electron chi connectivity index (χ1n) is 9.23. The predicted molar refractivity (Wildman–Crippen MR) is 113 cm³/mol. The van der Waals surface area contributed by atoms with Gasteiger partial charge in [-0.05, 0) is 36.6 Å². The van der Waals surface area contributed by atoms with E-state index in [-0.39, 0.29) is 11.7 Å². The van der Waals surface area contributed by atoms with E-state index in [9.17, 15) is 4.79 Å². The lowest BCUT2D eigenvalue weighted by Gasteiger charge is -2.12. The van der Waals surface area contributed by atoms with Crippen LogP contribution in [0.4, 0.5) is 5.13 Å². The van der Waals surface area contributed by atoms with Gasteiger partial charge in [0.05, 0.1) is 11.4 Å². The van der Waals surface area contributed by atoms with Crippen molar-refractivity contribution in [3.8, 4) is 16.9 Å². The van der Waals surface area contributed by atoms with Crippen molar-refractivity contribution in [1.29, 1.82) is 0 Å². The molecule has 0 fully saturated rings. The molecule has 4 rings (SSSR count). The molecule has 0 atom stereocenters. The Bertz CT molecular complexity index is 1150. The number of amides is 1. The molecule has 0 saturated carbocycles. The van der Waals surface area contributed by atoms with Crippen LogP contribution in [0, 0.1) is 6.92 Å². The Hall–Kier alpha value is -3.39. The van der Waals surface area contributed by atoms with Gasteiger partial charge in [-0.2, -0.15) is 0 Å². The van der Waals surface area contributed by atoms with Gasteiger partial charge in [-0.15, -0.1) is 16.4 Å². The molecule has 0 unspecified atom stereocenters. The van der Waals surface area contributed by atoms with E-state index in [0.29, 0.717) is 16.9 Å². The van der Waals surface area contributed by atoms with Gasteiger partial charge in [0.15, 0.2) is 5.13 Å². The van der Waals surface area contributed by atoms with Crippen molar-refractivity contribution < 1.29 is 4.79 Å². The quantitative estimate of drug-likeness (QED) is 0.530. The normalized spacial score (nSPS) is 11.0. The number of aryl methyl sites for hydroxylation is 1. The highest BCUT2D eigenvalue weighted by Crippen LogP contribution is 2.25. The molecule has 3 aromatic heterocycles. The van der Waals surface area contributed by atoms with Crippen molar-refractivity contribution in [2.45, 2.75) is 26.7 Å². The Morgan fingerprint density at radius 1 is 1.14 bits per heavy atom. The van der Waals surface area contributed by atoms with Crippen molar-refractivity contribution in [3.63, 3.8) is 0 Å². The molecule has 0 bridgehead atoms. The van der Waals surface area contributed by atoms with Crippen molar-refractivity contribution in [2.75, 3.05) is 5.32 Å². The topological polar surface area (TPSA) is 85.6 Å². The molecular weight excluding hydrogens is 384 g/mol. The zero-order valence-electron chi connectivity index (χ0n) is 16.3. The summed E-state index contributed by atoms with van der Waals surface area (Å²) in [4.78, 5) is 25.6. The number of rotatable bonds is 5. The maximum Gasteiger partial charge on any atom is 0.297 e. The highest BCUT2D eigenvalue weighted by Gasteiger charge is 2.19. The monoisotopic (exact) mass is 404 g/mol. The molecule has 29 heavy (non-hydrogen) atoms. The number of hydrogen-bond donors (Lipinski definition) is 1. The van der Waals surface area contributed by atoms with E-state index in [1.165, 1.54) is 11.3 Å². The summed E-state index contributed by atoms with van der Waals surface area (Å²) in [7, 11) is 0. The minimum atomic E-state index is -0.388. The second kappa shape index (κ2) is 7.92. The third-order valence-electron chi connectivity index (χ3n) is 4.44. The minimum absolute atomic E-state index is 0.110. The molecule has 0 saturated heterocycles. The van der Waals surface area contributed by atoms with Gasteiger partial charge in [-0.3, -0.25) is 15.1 Å². The molecule has 0 spiro atoms. The van der Waals surface area contributed by atoms with Crippen LogP contribution in [0.1, 0.15) is 41.8 Å². The first kappa shape index (κ1) is 18.9. The van der Waals surface area contributed by atoms with Crippen LogP contribution in [0.3, 0.4) is 0 Å². The van der Waals surface area contributed by atoms with Crippen LogP contribution >= 0.6 is 11.3 Å². The summed E-state index contributed by atoms with van der Waals surface area (Å²) in [6.07, 6.45) is 3.44. The van der Waals surface area contributed by atoms with Crippen LogP contribution in [0.25, 0.3) is 16.9 Å². The number of anilines is 1. The number of hydrogen-bond acceptors (Lipinski definition) is 6. The van der Waals surface area contributed by atoms with Gasteiger partial charge in [0.1, 0.15) is 5.82 Å². The number of nitrogens with zero attached hydrogens (tertiary/aromatic N) is 5. The highest BCUT2D eigenvalue weighted by atomic mass is 32.1. The summed E-state index contributed by atoms with van der Waals surface area (Å²) >= 11 is 1.35. The van der Waals surface area contributed by atoms with Crippen LogP contribution in [0.15, 0.2) is 54.2 Å². The average molecular weight is 404 g/mol. The van der Waals surface area contributed by atoms with Gasteiger partial charge in [0.25, 0.3) is 5.91 Å². The fraction of sp³-hybridized carbons (Fsp3) is 0.190. The van der Waals surface area contributed by atoms with Gasteiger partial charge in [-0.25, -0.2) is 14.6 Å². The van der Waals surface area contributed by atoms with Crippen molar-refractivity contribution in [3.05, 3.63) is 71.4 Å². The van der Waals surface area contributed by atoms with Crippen LogP contribution in [-0.2, 0) is 0 Å². The van der Waals surface area contributed by atoms with E-state index >= 15 is 0 Å². The largest absolute Gasteiger partial charge is 0.297 e. The number of benzene rings is 1. The lowest BCUT2D eigenvalue weighted by Crippen LogP contribution is -2.14. The maximum atomic E-state index is 12.7. The minimum Gasteiger partial charge on any atom is -0.295 e. The molecule has 7 nitrogen and oxygen atoms in total. The summed E-state index contributed by atoms with van der Waals surface area (Å²) in [6.45, 7) is 6.09. The Balaban J connectivity index is 1.57. The maximum absolute atomic E-state index is 12.7. The standard InChI is InChI=1S/C21H20N6OS/c1-13(2)16-8-4-5-9-18(16)27-14(3)23-19(26-27)20(28)25-21-24-17(12-29-21)15-7-6-10-22-11-15/h4-13H,1-3H3,(H,24,25,28). The molecular formula is C21H20N6OS. The SMILES string of the molecule is Cc1nc(C(=O)Nc2nc(-c3cccnc3)cs2)nn1-c1ccccc1C(C)C. The molecule has 8 heteroatoms. The Morgan fingerprint density at radius 3 is 2.72 bits per heavy atom. The summed E-state index contributed by atoms with van der Waals surface area (Å²) in [5, 5.41) is 9.60. The zero-order valence-corrected chi connectivity index (χ0v) is 17.1. The van der Waals surface area contributed by atoms with Gasteiger partial charge in [0.2, 0.25) is 5.82 Å². The molecule has 0 aliphatic carbocycles. The van der Waals surface area contributed by atoms with Crippen LogP contribution in [-0.4, -0.2) is 30.6 Å². The van der Waals surface area contributed by atoms with Crippen molar-refractivity contribution in [1.82, 2.24) is 24.7 Å². The molecule has 1 amide bonds. The van der Waals surface area contributed by atoms with Crippen molar-refractivity contribution >= 4 is 22.4 Å². The predicted octanol–water partition coefficient (Wildman–Crippen LogP) is 4.47. The Labute approximate surface area is 172 Å². The number of carbonyl (C=O) groups is 1. The first-order valence-corrected chi connectivity index (χ1v) is 10.1. The van der Waals surface area contributed by atoms with E-state index < -0.39 is 0 Å². The van der Waals surface area contributed by atoms with E-state index in [1.807, 2.05) is 42.6 Å². The molecule has 0 radical (unpaired) electrons. The lowest BCUT2D eigenvalue weighted by atomic mass is 10.0. The number of carbonyl (C=O) groups excluding carboxylic acids is 1. The Morgan fingerprint density at radius 2 is 1.97 bits per heavy atom. The third-order valence-corrected chi connectivity index (χ3v) is 5.20. The van der Waals surface area contributed by atoms with Gasteiger partial charge >= 0.3 is 0 Å². The van der Waals surface area contributed by atoms with E-state index in [0.717, 1.165) is 22.5 Å².